The van der Waals surface area contributed by atoms with E-state index in [-0.39, 0.29) is 5.78 Å². The standard InChI is InChI=1S/C18H18BrNO2/c1-20(2)16-8-4-13(5-9-16)17(21)10-6-14-12-15(19)7-11-18(14)22-3/h4-12H,1-3H3. The van der Waals surface area contributed by atoms with Crippen molar-refractivity contribution in [2.45, 2.75) is 0 Å². The zero-order valence-electron chi connectivity index (χ0n) is 12.8. The van der Waals surface area contributed by atoms with Gasteiger partial charge in [0, 0.05) is 35.4 Å². The van der Waals surface area contributed by atoms with Gasteiger partial charge in [-0.05, 0) is 54.6 Å². The lowest BCUT2D eigenvalue weighted by Gasteiger charge is -2.11. The van der Waals surface area contributed by atoms with Crippen LogP contribution in [0.25, 0.3) is 6.08 Å². The predicted octanol–water partition coefficient (Wildman–Crippen LogP) is 4.42. The van der Waals surface area contributed by atoms with Crippen molar-refractivity contribution in [2.24, 2.45) is 0 Å². The van der Waals surface area contributed by atoms with Crippen LogP contribution >= 0.6 is 15.9 Å². The Labute approximate surface area is 139 Å². The fraction of sp³-hybridized carbons (Fsp3) is 0.167. The normalized spacial score (nSPS) is 10.7. The molecule has 0 unspecified atom stereocenters. The molecule has 0 aromatic heterocycles. The van der Waals surface area contributed by atoms with Crippen LogP contribution in [0, 0.1) is 0 Å². The SMILES string of the molecule is COc1ccc(Br)cc1C=CC(=O)c1ccc(N(C)C)cc1. The molecule has 0 aliphatic carbocycles. The predicted molar refractivity (Wildman–Crippen MR) is 94.8 cm³/mol. The van der Waals surface area contributed by atoms with Crippen molar-refractivity contribution in [2.75, 3.05) is 26.1 Å². The number of methoxy groups -OCH3 is 1. The first kappa shape index (κ1) is 16.3. The van der Waals surface area contributed by atoms with Gasteiger partial charge in [0.25, 0.3) is 0 Å². The number of ketones is 1. The molecule has 0 aliphatic heterocycles. The largest absolute Gasteiger partial charge is 0.496 e. The molecule has 0 atom stereocenters. The van der Waals surface area contributed by atoms with Gasteiger partial charge in [-0.1, -0.05) is 15.9 Å². The number of nitrogens with zero attached hydrogens (tertiary/aromatic N) is 1. The number of benzene rings is 2. The summed E-state index contributed by atoms with van der Waals surface area (Å²) in [6.45, 7) is 0. The number of ether oxygens (including phenoxy) is 1. The van der Waals surface area contributed by atoms with Gasteiger partial charge in [-0.25, -0.2) is 0 Å². The van der Waals surface area contributed by atoms with Crippen molar-refractivity contribution in [1.82, 2.24) is 0 Å². The number of allylic oxidation sites excluding steroid dienone is 1. The van der Waals surface area contributed by atoms with Crippen molar-refractivity contribution >= 4 is 33.5 Å². The summed E-state index contributed by atoms with van der Waals surface area (Å²) in [6, 6.07) is 13.2. The van der Waals surface area contributed by atoms with Gasteiger partial charge in [-0.3, -0.25) is 4.79 Å². The minimum absolute atomic E-state index is 0.0349. The molecule has 0 fully saturated rings. The first-order chi connectivity index (χ1) is 10.5. The molecule has 0 saturated carbocycles. The monoisotopic (exact) mass is 359 g/mol. The zero-order chi connectivity index (χ0) is 16.1. The first-order valence-electron chi connectivity index (χ1n) is 6.84. The highest BCUT2D eigenvalue weighted by atomic mass is 79.9. The number of hydrogen-bond acceptors (Lipinski definition) is 3. The molecule has 2 aromatic carbocycles. The molecule has 2 aromatic rings. The summed E-state index contributed by atoms with van der Waals surface area (Å²) in [4.78, 5) is 14.2. The van der Waals surface area contributed by atoms with Crippen LogP contribution in [-0.4, -0.2) is 27.0 Å². The third-order valence-corrected chi connectivity index (χ3v) is 3.77. The van der Waals surface area contributed by atoms with E-state index in [1.54, 1.807) is 19.3 Å². The molecule has 3 nitrogen and oxygen atoms in total. The number of carbonyl (C=O) groups excluding carboxylic acids is 1. The second-order valence-corrected chi connectivity index (χ2v) is 5.94. The van der Waals surface area contributed by atoms with Gasteiger partial charge in [0.05, 0.1) is 7.11 Å². The molecule has 0 saturated heterocycles. The summed E-state index contributed by atoms with van der Waals surface area (Å²) in [5.74, 6) is 0.697. The molecule has 22 heavy (non-hydrogen) atoms. The van der Waals surface area contributed by atoms with Gasteiger partial charge in [-0.2, -0.15) is 0 Å². The Morgan fingerprint density at radius 1 is 1.14 bits per heavy atom. The number of rotatable bonds is 5. The zero-order valence-corrected chi connectivity index (χ0v) is 14.4. The molecule has 0 amide bonds. The van der Waals surface area contributed by atoms with Crippen LogP contribution in [0.4, 0.5) is 5.69 Å². The quantitative estimate of drug-likeness (QED) is 0.584. The van der Waals surface area contributed by atoms with E-state index in [2.05, 4.69) is 15.9 Å². The summed E-state index contributed by atoms with van der Waals surface area (Å²) >= 11 is 3.42. The van der Waals surface area contributed by atoms with Crippen molar-refractivity contribution in [3.63, 3.8) is 0 Å². The number of carbonyl (C=O) groups is 1. The number of halogens is 1. The molecule has 0 radical (unpaired) electrons. The van der Waals surface area contributed by atoms with Crippen LogP contribution in [0.1, 0.15) is 15.9 Å². The topological polar surface area (TPSA) is 29.5 Å². The smallest absolute Gasteiger partial charge is 0.185 e. The van der Waals surface area contributed by atoms with Crippen LogP contribution in [0.15, 0.2) is 53.0 Å². The van der Waals surface area contributed by atoms with Gasteiger partial charge >= 0.3 is 0 Å². The van der Waals surface area contributed by atoms with Crippen LogP contribution < -0.4 is 9.64 Å². The molecule has 114 valence electrons. The second-order valence-electron chi connectivity index (χ2n) is 5.03. The summed E-state index contributed by atoms with van der Waals surface area (Å²) in [6.07, 6.45) is 3.33. The Morgan fingerprint density at radius 2 is 1.82 bits per heavy atom. The Bertz CT molecular complexity index is 691. The van der Waals surface area contributed by atoms with E-state index >= 15 is 0 Å². The Hall–Kier alpha value is -2.07. The Morgan fingerprint density at radius 3 is 2.41 bits per heavy atom. The maximum atomic E-state index is 12.2. The lowest BCUT2D eigenvalue weighted by Crippen LogP contribution is -2.08. The molecular formula is C18H18BrNO2. The minimum Gasteiger partial charge on any atom is -0.496 e. The highest BCUT2D eigenvalue weighted by molar-refractivity contribution is 9.10. The molecular weight excluding hydrogens is 342 g/mol. The molecule has 2 rings (SSSR count). The maximum Gasteiger partial charge on any atom is 0.185 e. The van der Waals surface area contributed by atoms with Crippen molar-refractivity contribution in [3.05, 3.63) is 64.1 Å². The number of anilines is 1. The van der Waals surface area contributed by atoms with Crippen LogP contribution in [0.5, 0.6) is 5.75 Å². The van der Waals surface area contributed by atoms with Crippen LogP contribution in [0.2, 0.25) is 0 Å². The van der Waals surface area contributed by atoms with Crippen molar-refractivity contribution < 1.29 is 9.53 Å². The summed E-state index contributed by atoms with van der Waals surface area (Å²) < 4.78 is 6.23. The van der Waals surface area contributed by atoms with Crippen molar-refractivity contribution in [3.8, 4) is 5.75 Å². The third-order valence-electron chi connectivity index (χ3n) is 3.27. The van der Waals surface area contributed by atoms with E-state index in [9.17, 15) is 4.79 Å². The van der Waals surface area contributed by atoms with Gasteiger partial charge in [0.15, 0.2) is 5.78 Å². The highest BCUT2D eigenvalue weighted by Crippen LogP contribution is 2.24. The van der Waals surface area contributed by atoms with E-state index in [4.69, 9.17) is 4.74 Å². The fourth-order valence-electron chi connectivity index (χ4n) is 2.02. The first-order valence-corrected chi connectivity index (χ1v) is 7.64. The van der Waals surface area contributed by atoms with Gasteiger partial charge < -0.3 is 9.64 Å². The molecule has 0 heterocycles. The lowest BCUT2D eigenvalue weighted by molar-refractivity contribution is 0.104. The summed E-state index contributed by atoms with van der Waals surface area (Å²) in [7, 11) is 5.55. The third kappa shape index (κ3) is 3.98. The Kier molecular flexibility index (Phi) is 5.39. The van der Waals surface area contributed by atoms with Gasteiger partial charge in [-0.15, -0.1) is 0 Å². The number of hydrogen-bond donors (Lipinski definition) is 0. The van der Waals surface area contributed by atoms with Gasteiger partial charge in [0.1, 0.15) is 5.75 Å². The average Bonchev–Trinajstić information content (AvgIpc) is 2.52. The van der Waals surface area contributed by atoms with E-state index in [1.165, 1.54) is 0 Å². The molecule has 0 N–H and O–H groups in total. The van der Waals surface area contributed by atoms with Crippen LogP contribution in [0.3, 0.4) is 0 Å². The summed E-state index contributed by atoms with van der Waals surface area (Å²) in [5, 5.41) is 0. The average molecular weight is 360 g/mol. The Balaban J connectivity index is 2.19. The fourth-order valence-corrected chi connectivity index (χ4v) is 2.40. The summed E-state index contributed by atoms with van der Waals surface area (Å²) in [5.41, 5.74) is 2.58. The highest BCUT2D eigenvalue weighted by Gasteiger charge is 2.04. The second kappa shape index (κ2) is 7.27. The van der Waals surface area contributed by atoms with E-state index in [0.29, 0.717) is 5.56 Å². The van der Waals surface area contributed by atoms with E-state index in [0.717, 1.165) is 21.5 Å². The molecule has 0 spiro atoms. The van der Waals surface area contributed by atoms with Gasteiger partial charge in [0.2, 0.25) is 0 Å². The van der Waals surface area contributed by atoms with E-state index in [1.807, 2.05) is 61.5 Å². The van der Waals surface area contributed by atoms with Crippen molar-refractivity contribution in [1.29, 1.82) is 0 Å². The molecule has 0 bridgehead atoms. The van der Waals surface area contributed by atoms with E-state index < -0.39 is 0 Å². The lowest BCUT2D eigenvalue weighted by atomic mass is 10.1. The minimum atomic E-state index is -0.0349. The van der Waals surface area contributed by atoms with Crippen LogP contribution in [-0.2, 0) is 0 Å². The molecule has 4 heteroatoms. The molecule has 0 aliphatic rings. The maximum absolute atomic E-state index is 12.2.